The number of carbonyl (C=O) groups excluding carboxylic acids is 1. The maximum absolute atomic E-state index is 13.0. The third-order valence-corrected chi connectivity index (χ3v) is 6.04. The van der Waals surface area contributed by atoms with Crippen LogP contribution in [-0.2, 0) is 6.54 Å². The molecule has 1 fully saturated rings. The highest BCUT2D eigenvalue weighted by molar-refractivity contribution is 9.10. The second-order valence-electron chi connectivity index (χ2n) is 7.46. The number of aromatic nitrogens is 2. The molecule has 0 aliphatic carbocycles. The molecule has 5 rings (SSSR count). The van der Waals surface area contributed by atoms with Crippen molar-refractivity contribution in [1.29, 1.82) is 0 Å². The van der Waals surface area contributed by atoms with Gasteiger partial charge in [0.1, 0.15) is 11.2 Å². The Morgan fingerprint density at radius 2 is 2.00 bits per heavy atom. The smallest absolute Gasteiger partial charge is 0.289 e. The topological polar surface area (TPSA) is 54.0 Å². The fraction of sp³-hybridized carbons (Fsp3) is 0.273. The summed E-state index contributed by atoms with van der Waals surface area (Å²) >= 11 is 3.49. The molecule has 148 valence electrons. The standard InChI is InChI=1S/C22H21BrN4O2/c1-15-18-12-16(23)5-6-19(18)29-21(15)22(28)26-10-8-25(9-11-26)13-17-14-27-7-3-2-4-20(27)24-17/h2-7,12,14H,8-11,13H2,1H3. The lowest BCUT2D eigenvalue weighted by Gasteiger charge is -2.34. The van der Waals surface area contributed by atoms with E-state index in [9.17, 15) is 4.79 Å². The molecule has 1 aromatic carbocycles. The van der Waals surface area contributed by atoms with Crippen molar-refractivity contribution in [3.63, 3.8) is 0 Å². The number of benzene rings is 1. The fourth-order valence-electron chi connectivity index (χ4n) is 3.94. The number of furan rings is 1. The molecule has 4 aromatic rings. The van der Waals surface area contributed by atoms with Gasteiger partial charge in [-0.3, -0.25) is 9.69 Å². The van der Waals surface area contributed by atoms with Gasteiger partial charge in [-0.05, 0) is 37.3 Å². The number of imidazole rings is 1. The predicted octanol–water partition coefficient (Wildman–Crippen LogP) is 4.11. The Bertz CT molecular complexity index is 1170. The Labute approximate surface area is 176 Å². The molecule has 0 saturated carbocycles. The number of halogens is 1. The van der Waals surface area contributed by atoms with Gasteiger partial charge in [0.15, 0.2) is 5.76 Å². The number of hydrogen-bond acceptors (Lipinski definition) is 4. The van der Waals surface area contributed by atoms with Crippen molar-refractivity contribution < 1.29 is 9.21 Å². The van der Waals surface area contributed by atoms with Gasteiger partial charge in [0.2, 0.25) is 0 Å². The van der Waals surface area contributed by atoms with Gasteiger partial charge in [-0.15, -0.1) is 0 Å². The van der Waals surface area contributed by atoms with Crippen LogP contribution in [0.4, 0.5) is 0 Å². The van der Waals surface area contributed by atoms with E-state index in [1.807, 2.05) is 58.8 Å². The number of fused-ring (bicyclic) bond motifs is 2. The normalized spacial score (nSPS) is 15.4. The van der Waals surface area contributed by atoms with Crippen LogP contribution in [0.3, 0.4) is 0 Å². The Hall–Kier alpha value is -2.64. The summed E-state index contributed by atoms with van der Waals surface area (Å²) in [6, 6.07) is 11.8. The van der Waals surface area contributed by atoms with Crippen LogP contribution in [0.25, 0.3) is 16.6 Å². The van der Waals surface area contributed by atoms with Crippen LogP contribution in [0.1, 0.15) is 21.8 Å². The lowest BCUT2D eigenvalue weighted by Crippen LogP contribution is -2.48. The van der Waals surface area contributed by atoms with Gasteiger partial charge in [-0.2, -0.15) is 0 Å². The molecule has 1 saturated heterocycles. The third kappa shape index (κ3) is 3.45. The van der Waals surface area contributed by atoms with E-state index in [-0.39, 0.29) is 5.91 Å². The quantitative estimate of drug-likeness (QED) is 0.469. The van der Waals surface area contributed by atoms with Gasteiger partial charge in [0, 0.05) is 60.5 Å². The van der Waals surface area contributed by atoms with Crippen LogP contribution in [0.5, 0.6) is 0 Å². The van der Waals surface area contributed by atoms with E-state index >= 15 is 0 Å². The summed E-state index contributed by atoms with van der Waals surface area (Å²) in [7, 11) is 0. The van der Waals surface area contributed by atoms with Crippen LogP contribution in [0.15, 0.2) is 57.7 Å². The van der Waals surface area contributed by atoms with Crippen molar-refractivity contribution >= 4 is 38.5 Å². The first-order valence-electron chi connectivity index (χ1n) is 9.71. The van der Waals surface area contributed by atoms with E-state index < -0.39 is 0 Å². The number of pyridine rings is 1. The second kappa shape index (κ2) is 7.31. The number of nitrogens with zero attached hydrogens (tertiary/aromatic N) is 4. The van der Waals surface area contributed by atoms with Gasteiger partial charge in [0.05, 0.1) is 5.69 Å². The maximum Gasteiger partial charge on any atom is 0.289 e. The first-order chi connectivity index (χ1) is 14.1. The molecule has 1 amide bonds. The molecule has 29 heavy (non-hydrogen) atoms. The van der Waals surface area contributed by atoms with Crippen LogP contribution >= 0.6 is 15.9 Å². The van der Waals surface area contributed by atoms with E-state index in [4.69, 9.17) is 4.42 Å². The van der Waals surface area contributed by atoms with Crippen molar-refractivity contribution in [2.75, 3.05) is 26.2 Å². The molecule has 0 radical (unpaired) electrons. The summed E-state index contributed by atoms with van der Waals surface area (Å²) in [5, 5.41) is 0.980. The highest BCUT2D eigenvalue weighted by Crippen LogP contribution is 2.29. The Morgan fingerprint density at radius 1 is 1.17 bits per heavy atom. The van der Waals surface area contributed by atoms with Crippen molar-refractivity contribution in [3.05, 3.63) is 70.3 Å². The maximum atomic E-state index is 13.0. The van der Waals surface area contributed by atoms with E-state index in [1.165, 1.54) is 0 Å². The third-order valence-electron chi connectivity index (χ3n) is 5.55. The van der Waals surface area contributed by atoms with Crippen LogP contribution in [-0.4, -0.2) is 51.3 Å². The predicted molar refractivity (Wildman–Crippen MR) is 115 cm³/mol. The lowest BCUT2D eigenvalue weighted by molar-refractivity contribution is 0.0598. The summed E-state index contributed by atoms with van der Waals surface area (Å²) in [5.74, 6) is 0.425. The zero-order chi connectivity index (χ0) is 20.0. The number of aryl methyl sites for hydroxylation is 1. The number of hydrogen-bond donors (Lipinski definition) is 0. The Kier molecular flexibility index (Phi) is 4.64. The molecule has 3 aromatic heterocycles. The van der Waals surface area contributed by atoms with Gasteiger partial charge < -0.3 is 13.7 Å². The number of piperazine rings is 1. The van der Waals surface area contributed by atoms with Gasteiger partial charge in [-0.1, -0.05) is 22.0 Å². The minimum Gasteiger partial charge on any atom is -0.451 e. The molecule has 1 aliphatic heterocycles. The van der Waals surface area contributed by atoms with Gasteiger partial charge >= 0.3 is 0 Å². The average Bonchev–Trinajstić information content (AvgIpc) is 3.28. The summed E-state index contributed by atoms with van der Waals surface area (Å²) in [5.41, 5.74) is 3.66. The lowest BCUT2D eigenvalue weighted by atomic mass is 10.1. The second-order valence-corrected chi connectivity index (χ2v) is 8.38. The van der Waals surface area contributed by atoms with Crippen molar-refractivity contribution in [3.8, 4) is 0 Å². The van der Waals surface area contributed by atoms with Crippen molar-refractivity contribution in [1.82, 2.24) is 19.2 Å². The minimum absolute atomic E-state index is 0.0257. The molecular formula is C22H21BrN4O2. The molecule has 6 nitrogen and oxygen atoms in total. The van der Waals surface area contributed by atoms with Crippen LogP contribution in [0, 0.1) is 6.92 Å². The van der Waals surface area contributed by atoms with E-state index in [0.717, 1.165) is 52.0 Å². The summed E-state index contributed by atoms with van der Waals surface area (Å²) in [4.78, 5) is 21.9. The van der Waals surface area contributed by atoms with Crippen molar-refractivity contribution in [2.45, 2.75) is 13.5 Å². The molecule has 7 heteroatoms. The van der Waals surface area contributed by atoms with Crippen molar-refractivity contribution in [2.24, 2.45) is 0 Å². The Balaban J connectivity index is 1.26. The fourth-order valence-corrected chi connectivity index (χ4v) is 4.30. The first kappa shape index (κ1) is 18.4. The average molecular weight is 453 g/mol. The highest BCUT2D eigenvalue weighted by Gasteiger charge is 2.27. The van der Waals surface area contributed by atoms with Gasteiger partial charge in [-0.25, -0.2) is 4.98 Å². The molecule has 1 aliphatic rings. The molecular weight excluding hydrogens is 432 g/mol. The zero-order valence-corrected chi connectivity index (χ0v) is 17.7. The number of carbonyl (C=O) groups is 1. The van der Waals surface area contributed by atoms with Crippen LogP contribution < -0.4 is 0 Å². The molecule has 0 bridgehead atoms. The number of amides is 1. The summed E-state index contributed by atoms with van der Waals surface area (Å²) < 4.78 is 8.91. The van der Waals surface area contributed by atoms with Crippen LogP contribution in [0.2, 0.25) is 0 Å². The largest absolute Gasteiger partial charge is 0.451 e. The molecule has 4 heterocycles. The molecule has 0 atom stereocenters. The van der Waals surface area contributed by atoms with E-state index in [2.05, 4.69) is 32.0 Å². The molecule has 0 unspecified atom stereocenters. The summed E-state index contributed by atoms with van der Waals surface area (Å²) in [6.45, 7) is 5.76. The monoisotopic (exact) mass is 452 g/mol. The zero-order valence-electron chi connectivity index (χ0n) is 16.1. The molecule has 0 N–H and O–H groups in total. The molecule has 0 spiro atoms. The number of rotatable bonds is 3. The minimum atomic E-state index is -0.0257. The first-order valence-corrected chi connectivity index (χ1v) is 10.5. The SMILES string of the molecule is Cc1c(C(=O)N2CCN(Cc3cn4ccccc4n3)CC2)oc2ccc(Br)cc12. The van der Waals surface area contributed by atoms with E-state index in [0.29, 0.717) is 18.8 Å². The Morgan fingerprint density at radius 3 is 2.79 bits per heavy atom. The van der Waals surface area contributed by atoms with E-state index in [1.54, 1.807) is 0 Å². The highest BCUT2D eigenvalue weighted by atomic mass is 79.9. The summed E-state index contributed by atoms with van der Waals surface area (Å²) in [6.07, 6.45) is 4.08. The van der Waals surface area contributed by atoms with Gasteiger partial charge in [0.25, 0.3) is 5.91 Å².